The second-order valence-electron chi connectivity index (χ2n) is 7.09. The predicted octanol–water partition coefficient (Wildman–Crippen LogP) is 0.287. The zero-order chi connectivity index (χ0) is 18.5. The quantitative estimate of drug-likeness (QED) is 0.756. The van der Waals surface area contributed by atoms with Gasteiger partial charge in [-0.1, -0.05) is 0 Å². The van der Waals surface area contributed by atoms with Crippen LogP contribution >= 0.6 is 0 Å². The fourth-order valence-corrected chi connectivity index (χ4v) is 3.62. The Morgan fingerprint density at radius 3 is 2.69 bits per heavy atom. The molecule has 1 aromatic rings. The van der Waals surface area contributed by atoms with Crippen molar-refractivity contribution in [2.75, 3.05) is 26.2 Å². The second-order valence-corrected chi connectivity index (χ2v) is 7.09. The first-order valence-electron chi connectivity index (χ1n) is 9.34. The molecule has 0 aromatic carbocycles. The van der Waals surface area contributed by atoms with E-state index in [1.807, 2.05) is 22.7 Å². The van der Waals surface area contributed by atoms with Crippen LogP contribution in [-0.2, 0) is 28.0 Å². The molecular formula is C18H27N5O3. The molecular weight excluding hydrogens is 334 g/mol. The molecule has 1 atom stereocenters. The third-order valence-corrected chi connectivity index (χ3v) is 5.24. The monoisotopic (exact) mass is 361 g/mol. The van der Waals surface area contributed by atoms with E-state index in [-0.39, 0.29) is 23.6 Å². The number of likely N-dealkylation sites (tertiary alicyclic amines) is 2. The molecule has 1 aromatic heterocycles. The molecule has 2 fully saturated rings. The molecule has 3 rings (SSSR count). The lowest BCUT2D eigenvalue weighted by Gasteiger charge is -2.32. The number of carbonyl (C=O) groups is 3. The number of aryl methyl sites for hydroxylation is 1. The van der Waals surface area contributed by atoms with Crippen LogP contribution in [0, 0.1) is 5.92 Å². The highest BCUT2D eigenvalue weighted by Crippen LogP contribution is 2.19. The maximum atomic E-state index is 12.4. The Bertz CT molecular complexity index is 672. The van der Waals surface area contributed by atoms with Crippen molar-refractivity contribution in [2.24, 2.45) is 13.0 Å². The average Bonchev–Trinajstić information content (AvgIpc) is 3.22. The SMILES string of the molecule is Cn1ccnc1CNC(=O)[C@H]1CCC(=O)N(CCCN2CCCC2=O)C1. The summed E-state index contributed by atoms with van der Waals surface area (Å²) < 4.78 is 1.87. The van der Waals surface area contributed by atoms with E-state index < -0.39 is 0 Å². The van der Waals surface area contributed by atoms with Crippen LogP contribution < -0.4 is 5.32 Å². The first-order chi connectivity index (χ1) is 12.5. The summed E-state index contributed by atoms with van der Waals surface area (Å²) in [5, 5.41) is 2.92. The van der Waals surface area contributed by atoms with E-state index in [4.69, 9.17) is 0 Å². The van der Waals surface area contributed by atoms with Crippen molar-refractivity contribution in [1.82, 2.24) is 24.7 Å². The Morgan fingerprint density at radius 2 is 2.00 bits per heavy atom. The highest BCUT2D eigenvalue weighted by atomic mass is 16.2. The summed E-state index contributed by atoms with van der Waals surface area (Å²) in [4.78, 5) is 44.1. The summed E-state index contributed by atoms with van der Waals surface area (Å²) in [7, 11) is 1.89. The molecule has 2 aliphatic heterocycles. The number of hydrogen-bond acceptors (Lipinski definition) is 4. The van der Waals surface area contributed by atoms with Gasteiger partial charge in [0.05, 0.1) is 12.5 Å². The van der Waals surface area contributed by atoms with Gasteiger partial charge in [0.1, 0.15) is 5.82 Å². The van der Waals surface area contributed by atoms with Crippen molar-refractivity contribution in [3.63, 3.8) is 0 Å². The van der Waals surface area contributed by atoms with Crippen LogP contribution in [0.5, 0.6) is 0 Å². The number of nitrogens with zero attached hydrogens (tertiary/aromatic N) is 4. The van der Waals surface area contributed by atoms with E-state index in [1.165, 1.54) is 0 Å². The molecule has 0 bridgehead atoms. The van der Waals surface area contributed by atoms with Gasteiger partial charge < -0.3 is 19.7 Å². The smallest absolute Gasteiger partial charge is 0.225 e. The van der Waals surface area contributed by atoms with Crippen LogP contribution in [0.15, 0.2) is 12.4 Å². The van der Waals surface area contributed by atoms with E-state index in [9.17, 15) is 14.4 Å². The van der Waals surface area contributed by atoms with Gasteiger partial charge in [-0.25, -0.2) is 4.98 Å². The fraction of sp³-hybridized carbons (Fsp3) is 0.667. The molecule has 0 saturated carbocycles. The molecule has 142 valence electrons. The van der Waals surface area contributed by atoms with E-state index in [0.29, 0.717) is 45.4 Å². The lowest BCUT2D eigenvalue weighted by Crippen LogP contribution is -2.46. The van der Waals surface area contributed by atoms with Gasteiger partial charge in [-0.3, -0.25) is 14.4 Å². The van der Waals surface area contributed by atoms with E-state index in [2.05, 4.69) is 10.3 Å². The van der Waals surface area contributed by atoms with E-state index >= 15 is 0 Å². The topological polar surface area (TPSA) is 87.5 Å². The summed E-state index contributed by atoms with van der Waals surface area (Å²) in [5.41, 5.74) is 0. The molecule has 2 aliphatic rings. The number of aromatic nitrogens is 2. The summed E-state index contributed by atoms with van der Waals surface area (Å²) in [6, 6.07) is 0. The minimum Gasteiger partial charge on any atom is -0.349 e. The number of rotatable bonds is 7. The van der Waals surface area contributed by atoms with Crippen LogP contribution in [0.1, 0.15) is 37.9 Å². The van der Waals surface area contributed by atoms with Crippen molar-refractivity contribution < 1.29 is 14.4 Å². The molecule has 3 amide bonds. The van der Waals surface area contributed by atoms with Crippen LogP contribution in [0.3, 0.4) is 0 Å². The van der Waals surface area contributed by atoms with Crippen molar-refractivity contribution in [3.05, 3.63) is 18.2 Å². The summed E-state index contributed by atoms with van der Waals surface area (Å²) in [5.74, 6) is 0.909. The Labute approximate surface area is 153 Å². The lowest BCUT2D eigenvalue weighted by molar-refractivity contribution is -0.138. The largest absolute Gasteiger partial charge is 0.349 e. The summed E-state index contributed by atoms with van der Waals surface area (Å²) in [6.07, 6.45) is 6.87. The molecule has 8 nitrogen and oxygen atoms in total. The average molecular weight is 361 g/mol. The number of piperidine rings is 1. The van der Waals surface area contributed by atoms with Gasteiger partial charge in [-0.15, -0.1) is 0 Å². The fourth-order valence-electron chi connectivity index (χ4n) is 3.62. The Hall–Kier alpha value is -2.38. The standard InChI is InChI=1S/C18H27N5O3/c1-21-11-7-19-15(21)12-20-18(26)14-5-6-17(25)23(13-14)10-3-9-22-8-2-4-16(22)24/h7,11,14H,2-6,8-10,12-13H2,1H3,(H,20,26)/t14-/m0/s1. The molecule has 2 saturated heterocycles. The molecule has 0 unspecified atom stereocenters. The lowest BCUT2D eigenvalue weighted by atomic mass is 9.96. The van der Waals surface area contributed by atoms with Crippen molar-refractivity contribution >= 4 is 17.7 Å². The van der Waals surface area contributed by atoms with E-state index in [0.717, 1.165) is 25.2 Å². The summed E-state index contributed by atoms with van der Waals surface area (Å²) >= 11 is 0. The minimum absolute atomic E-state index is 0.0276. The highest BCUT2D eigenvalue weighted by molar-refractivity contribution is 5.83. The molecule has 0 aliphatic carbocycles. The normalized spacial score (nSPS) is 20.7. The van der Waals surface area contributed by atoms with Gasteiger partial charge in [-0.2, -0.15) is 0 Å². The number of hydrogen-bond donors (Lipinski definition) is 1. The molecule has 26 heavy (non-hydrogen) atoms. The molecule has 3 heterocycles. The number of amides is 3. The van der Waals surface area contributed by atoms with Crippen LogP contribution in [0.2, 0.25) is 0 Å². The van der Waals surface area contributed by atoms with Crippen molar-refractivity contribution in [1.29, 1.82) is 0 Å². The number of nitrogens with one attached hydrogen (secondary N) is 1. The van der Waals surface area contributed by atoms with Gasteiger partial charge >= 0.3 is 0 Å². The Balaban J connectivity index is 1.44. The van der Waals surface area contributed by atoms with E-state index in [1.54, 1.807) is 11.1 Å². The zero-order valence-corrected chi connectivity index (χ0v) is 15.3. The molecule has 1 N–H and O–H groups in total. The molecule has 8 heteroatoms. The molecule has 0 spiro atoms. The van der Waals surface area contributed by atoms with Gasteiger partial charge in [-0.05, 0) is 19.3 Å². The van der Waals surface area contributed by atoms with Crippen molar-refractivity contribution in [2.45, 2.75) is 38.6 Å². The predicted molar refractivity (Wildman–Crippen MR) is 94.8 cm³/mol. The maximum absolute atomic E-state index is 12.4. The third-order valence-electron chi connectivity index (χ3n) is 5.24. The van der Waals surface area contributed by atoms with Crippen LogP contribution in [-0.4, -0.2) is 63.3 Å². The Kier molecular flexibility index (Phi) is 5.90. The van der Waals surface area contributed by atoms with Gasteiger partial charge in [0.2, 0.25) is 17.7 Å². The number of carbonyl (C=O) groups excluding carboxylic acids is 3. The number of imidazole rings is 1. The van der Waals surface area contributed by atoms with Crippen LogP contribution in [0.25, 0.3) is 0 Å². The minimum atomic E-state index is -0.179. The van der Waals surface area contributed by atoms with Gasteiger partial charge in [0.15, 0.2) is 0 Å². The Morgan fingerprint density at radius 1 is 1.23 bits per heavy atom. The zero-order valence-electron chi connectivity index (χ0n) is 15.3. The molecule has 0 radical (unpaired) electrons. The first kappa shape index (κ1) is 18.4. The third kappa shape index (κ3) is 4.42. The first-order valence-corrected chi connectivity index (χ1v) is 9.34. The summed E-state index contributed by atoms with van der Waals surface area (Å²) in [6.45, 7) is 2.97. The van der Waals surface area contributed by atoms with Gasteiger partial charge in [0, 0.05) is 58.5 Å². The van der Waals surface area contributed by atoms with Crippen LogP contribution in [0.4, 0.5) is 0 Å². The van der Waals surface area contributed by atoms with Gasteiger partial charge in [0.25, 0.3) is 0 Å². The van der Waals surface area contributed by atoms with Crippen molar-refractivity contribution in [3.8, 4) is 0 Å². The second kappa shape index (κ2) is 8.33. The highest BCUT2D eigenvalue weighted by Gasteiger charge is 2.30. The maximum Gasteiger partial charge on any atom is 0.225 e.